The van der Waals surface area contributed by atoms with Gasteiger partial charge in [0.05, 0.1) is 0 Å². The minimum absolute atomic E-state index is 0.433. The Balaban J connectivity index is 1.48. The van der Waals surface area contributed by atoms with Crippen LogP contribution in [-0.4, -0.2) is 23.0 Å². The fraction of sp³-hybridized carbons (Fsp3) is 0.941. The van der Waals surface area contributed by atoms with Crippen molar-refractivity contribution in [2.45, 2.75) is 89.5 Å². The molecule has 3 heteroatoms. The van der Waals surface area contributed by atoms with E-state index < -0.39 is 0 Å². The second-order valence-corrected chi connectivity index (χ2v) is 7.53. The molecule has 1 spiro atoms. The molecule has 0 aromatic rings. The molecular weight excluding hydrogens is 264 g/mol. The molecule has 0 radical (unpaired) electrons. The highest BCUT2D eigenvalue weighted by Gasteiger charge is 2.39. The highest BCUT2D eigenvalue weighted by molar-refractivity contribution is 8.14. The number of thioether (sulfide) groups is 1. The van der Waals surface area contributed by atoms with Crippen LogP contribution >= 0.6 is 11.8 Å². The van der Waals surface area contributed by atoms with Gasteiger partial charge in [-0.2, -0.15) is 0 Å². The van der Waals surface area contributed by atoms with Crippen LogP contribution < -0.4 is 5.32 Å². The summed E-state index contributed by atoms with van der Waals surface area (Å²) in [6, 6.07) is 0. The van der Waals surface area contributed by atoms with Crippen molar-refractivity contribution in [2.24, 2.45) is 4.99 Å². The van der Waals surface area contributed by atoms with Crippen molar-refractivity contribution in [3.05, 3.63) is 0 Å². The summed E-state index contributed by atoms with van der Waals surface area (Å²) >= 11 is 1.95. The van der Waals surface area contributed by atoms with E-state index in [9.17, 15) is 0 Å². The van der Waals surface area contributed by atoms with E-state index in [0.29, 0.717) is 5.54 Å². The zero-order chi connectivity index (χ0) is 14.1. The molecule has 2 rings (SSSR count). The third-order valence-corrected chi connectivity index (χ3v) is 5.89. The van der Waals surface area contributed by atoms with E-state index in [2.05, 4.69) is 12.2 Å². The summed E-state index contributed by atoms with van der Waals surface area (Å²) in [5.41, 5.74) is 0.433. The average molecular weight is 297 g/mol. The standard InChI is InChI=1S/C17H32N2S/c1-2-3-4-5-6-7-8-11-14-18-16-19-17(15-20-16)12-9-10-13-17/h2-15H2,1H3,(H,18,19). The summed E-state index contributed by atoms with van der Waals surface area (Å²) in [6.07, 6.45) is 16.6. The number of amidine groups is 1. The van der Waals surface area contributed by atoms with Crippen LogP contribution in [0.15, 0.2) is 4.99 Å². The summed E-state index contributed by atoms with van der Waals surface area (Å²) in [4.78, 5) is 4.76. The van der Waals surface area contributed by atoms with Crippen LogP contribution in [0.4, 0.5) is 0 Å². The van der Waals surface area contributed by atoms with E-state index in [1.54, 1.807) is 0 Å². The van der Waals surface area contributed by atoms with Gasteiger partial charge in [0.2, 0.25) is 0 Å². The van der Waals surface area contributed by atoms with E-state index in [1.165, 1.54) is 88.0 Å². The predicted molar refractivity (Wildman–Crippen MR) is 91.7 cm³/mol. The molecule has 0 aromatic carbocycles. The number of hydrogen-bond acceptors (Lipinski definition) is 2. The van der Waals surface area contributed by atoms with E-state index in [0.717, 1.165) is 6.54 Å². The Morgan fingerprint density at radius 1 is 1.00 bits per heavy atom. The monoisotopic (exact) mass is 296 g/mol. The first kappa shape index (κ1) is 16.2. The summed E-state index contributed by atoms with van der Waals surface area (Å²) in [6.45, 7) is 3.31. The molecule has 1 saturated heterocycles. The maximum absolute atomic E-state index is 4.76. The van der Waals surface area contributed by atoms with Crippen LogP contribution in [0.5, 0.6) is 0 Å². The molecule has 0 aromatic heterocycles. The molecule has 1 aliphatic carbocycles. The van der Waals surface area contributed by atoms with Crippen LogP contribution in [0.1, 0.15) is 84.0 Å². The molecule has 116 valence electrons. The van der Waals surface area contributed by atoms with Gasteiger partial charge in [-0.25, -0.2) is 0 Å². The third kappa shape index (κ3) is 5.31. The molecule has 20 heavy (non-hydrogen) atoms. The van der Waals surface area contributed by atoms with E-state index >= 15 is 0 Å². The first-order valence-electron chi connectivity index (χ1n) is 8.80. The summed E-state index contributed by atoms with van der Waals surface area (Å²) in [5, 5.41) is 4.94. The Morgan fingerprint density at radius 3 is 2.35 bits per heavy atom. The fourth-order valence-electron chi connectivity index (χ4n) is 3.34. The van der Waals surface area contributed by atoms with E-state index in [-0.39, 0.29) is 0 Å². The number of nitrogens with one attached hydrogen (secondary N) is 1. The van der Waals surface area contributed by atoms with Gasteiger partial charge in [-0.05, 0) is 19.3 Å². The first-order valence-corrected chi connectivity index (χ1v) is 9.79. The van der Waals surface area contributed by atoms with Crippen molar-refractivity contribution in [1.82, 2.24) is 5.32 Å². The molecular formula is C17H32N2S. The van der Waals surface area contributed by atoms with Crippen molar-refractivity contribution < 1.29 is 0 Å². The van der Waals surface area contributed by atoms with Crippen LogP contribution in [0, 0.1) is 0 Å². The van der Waals surface area contributed by atoms with Gasteiger partial charge in [-0.3, -0.25) is 4.99 Å². The third-order valence-electron chi connectivity index (χ3n) is 4.69. The predicted octanol–water partition coefficient (Wildman–Crippen LogP) is 5.13. The topological polar surface area (TPSA) is 24.4 Å². The SMILES string of the molecule is CCCCCCCCCCN=C1NC2(CCCC2)CS1. The van der Waals surface area contributed by atoms with Gasteiger partial charge in [0.15, 0.2) is 5.17 Å². The summed E-state index contributed by atoms with van der Waals surface area (Å²) in [5.74, 6) is 1.25. The van der Waals surface area contributed by atoms with Crippen LogP contribution in [0.25, 0.3) is 0 Å². The van der Waals surface area contributed by atoms with Crippen LogP contribution in [-0.2, 0) is 0 Å². The molecule has 0 atom stereocenters. The Kier molecular flexibility index (Phi) is 7.26. The van der Waals surface area contributed by atoms with E-state index in [4.69, 9.17) is 4.99 Å². The molecule has 0 bridgehead atoms. The minimum Gasteiger partial charge on any atom is -0.359 e. The number of hydrogen-bond donors (Lipinski definition) is 1. The number of nitrogens with zero attached hydrogens (tertiary/aromatic N) is 1. The lowest BCUT2D eigenvalue weighted by molar-refractivity contribution is 0.452. The van der Waals surface area contributed by atoms with Gasteiger partial charge < -0.3 is 5.32 Å². The van der Waals surface area contributed by atoms with Gasteiger partial charge >= 0.3 is 0 Å². The van der Waals surface area contributed by atoms with Crippen LogP contribution in [0.3, 0.4) is 0 Å². The highest BCUT2D eigenvalue weighted by Crippen LogP contribution is 2.37. The maximum Gasteiger partial charge on any atom is 0.157 e. The Bertz CT molecular complexity index is 295. The molecule has 2 aliphatic rings. The lowest BCUT2D eigenvalue weighted by Crippen LogP contribution is -2.40. The van der Waals surface area contributed by atoms with Crippen LogP contribution in [0.2, 0.25) is 0 Å². The van der Waals surface area contributed by atoms with Gasteiger partial charge in [-0.1, -0.05) is 76.5 Å². The van der Waals surface area contributed by atoms with Crippen molar-refractivity contribution in [1.29, 1.82) is 0 Å². The molecule has 0 unspecified atom stereocenters. The highest BCUT2D eigenvalue weighted by atomic mass is 32.2. The molecule has 0 amide bonds. The molecule has 1 N–H and O–H groups in total. The summed E-state index contributed by atoms with van der Waals surface area (Å²) in [7, 11) is 0. The quantitative estimate of drug-likeness (QED) is 0.596. The Hall–Kier alpha value is -0.180. The van der Waals surface area contributed by atoms with Gasteiger partial charge in [0.25, 0.3) is 0 Å². The van der Waals surface area contributed by atoms with Gasteiger partial charge in [-0.15, -0.1) is 0 Å². The van der Waals surface area contributed by atoms with Crippen molar-refractivity contribution in [2.75, 3.05) is 12.3 Å². The number of aliphatic imine (C=N–C) groups is 1. The Morgan fingerprint density at radius 2 is 1.65 bits per heavy atom. The number of unbranched alkanes of at least 4 members (excludes halogenated alkanes) is 7. The zero-order valence-corrected chi connectivity index (χ0v) is 14.1. The van der Waals surface area contributed by atoms with Gasteiger partial charge in [0, 0.05) is 17.8 Å². The smallest absolute Gasteiger partial charge is 0.157 e. The normalized spacial score (nSPS) is 22.8. The lowest BCUT2D eigenvalue weighted by Gasteiger charge is -2.21. The van der Waals surface area contributed by atoms with Gasteiger partial charge in [0.1, 0.15) is 0 Å². The fourth-order valence-corrected chi connectivity index (χ4v) is 4.58. The maximum atomic E-state index is 4.76. The van der Waals surface area contributed by atoms with Crippen molar-refractivity contribution >= 4 is 16.9 Å². The first-order chi connectivity index (χ1) is 9.85. The molecule has 1 saturated carbocycles. The molecule has 2 nitrogen and oxygen atoms in total. The second-order valence-electron chi connectivity index (χ2n) is 6.56. The molecule has 2 fully saturated rings. The Labute approximate surface area is 129 Å². The van der Waals surface area contributed by atoms with E-state index in [1.807, 2.05) is 11.8 Å². The molecule has 1 aliphatic heterocycles. The minimum atomic E-state index is 0.433. The largest absolute Gasteiger partial charge is 0.359 e. The average Bonchev–Trinajstić information content (AvgIpc) is 3.08. The van der Waals surface area contributed by atoms with Crippen molar-refractivity contribution in [3.63, 3.8) is 0 Å². The number of rotatable bonds is 9. The van der Waals surface area contributed by atoms with Crippen molar-refractivity contribution in [3.8, 4) is 0 Å². The molecule has 1 heterocycles. The zero-order valence-electron chi connectivity index (χ0n) is 13.3. The lowest BCUT2D eigenvalue weighted by atomic mass is 10.0. The summed E-state index contributed by atoms with van der Waals surface area (Å²) < 4.78 is 0. The second kappa shape index (κ2) is 8.96.